The van der Waals surface area contributed by atoms with Crippen LogP contribution in [0.5, 0.6) is 0 Å². The predicted octanol–water partition coefficient (Wildman–Crippen LogP) is 13.1. The highest BCUT2D eigenvalue weighted by molar-refractivity contribution is 5.80. The molecule has 0 heterocycles. The van der Waals surface area contributed by atoms with Crippen molar-refractivity contribution in [2.24, 2.45) is 0 Å². The summed E-state index contributed by atoms with van der Waals surface area (Å²) in [6.45, 7) is 4.18. The molecule has 0 saturated heterocycles. The summed E-state index contributed by atoms with van der Waals surface area (Å²) in [5.74, 6) is -1.32. The number of allylic oxidation sites excluding steroid dienone is 3. The summed E-state index contributed by atoms with van der Waals surface area (Å²) in [5.41, 5.74) is 0. The molecule has 6 nitrogen and oxygen atoms in total. The fourth-order valence-corrected chi connectivity index (χ4v) is 6.36. The molecule has 1 atom stereocenters. The molecule has 1 unspecified atom stereocenters. The number of amides is 1. The lowest BCUT2D eigenvalue weighted by molar-refractivity contribution is -0.147. The second-order valence-corrected chi connectivity index (χ2v) is 14.6. The van der Waals surface area contributed by atoms with Gasteiger partial charge in [0.1, 0.15) is 12.6 Å². The van der Waals surface area contributed by atoms with Crippen LogP contribution in [0.15, 0.2) is 24.3 Å². The van der Waals surface area contributed by atoms with E-state index in [2.05, 4.69) is 43.5 Å². The zero-order chi connectivity index (χ0) is 36.6. The second kappa shape index (κ2) is 39.7. The molecular weight excluding hydrogens is 622 g/mol. The van der Waals surface area contributed by atoms with Crippen LogP contribution in [-0.2, 0) is 19.1 Å². The van der Waals surface area contributed by atoms with E-state index < -0.39 is 5.97 Å². The van der Waals surface area contributed by atoms with Crippen LogP contribution in [0.2, 0.25) is 0 Å². The second-order valence-electron chi connectivity index (χ2n) is 14.6. The first-order valence-electron chi connectivity index (χ1n) is 21.5. The van der Waals surface area contributed by atoms with Crippen molar-refractivity contribution >= 4 is 17.8 Å². The molecule has 1 amide bonds. The lowest BCUT2D eigenvalue weighted by atomic mass is 10.0. The van der Waals surface area contributed by atoms with Crippen molar-refractivity contribution in [1.82, 2.24) is 5.32 Å². The standard InChI is InChI=1S/C44H81NO5/c1-3-5-7-9-11-12-13-14-15-16-17-18-19-20-21-22-23-24-25-26-27-29-35-39-44(49)50-41(36-32-28-10-8-6-4-2)37-33-30-31-34-38-42(46)45-40-43(47)48/h16-17,32,36,41H,3-15,18-31,33-35,37-40H2,1-2H3,(H,45,46)(H,47,48)/b17-16-,36-32-. The normalized spacial score (nSPS) is 12.2. The van der Waals surface area contributed by atoms with Crippen LogP contribution >= 0.6 is 0 Å². The monoisotopic (exact) mass is 704 g/mol. The minimum Gasteiger partial charge on any atom is -0.480 e. The summed E-state index contributed by atoms with van der Waals surface area (Å²) in [7, 11) is 0. The highest BCUT2D eigenvalue weighted by Gasteiger charge is 2.12. The van der Waals surface area contributed by atoms with E-state index in [9.17, 15) is 14.4 Å². The van der Waals surface area contributed by atoms with Gasteiger partial charge in [0.15, 0.2) is 0 Å². The van der Waals surface area contributed by atoms with E-state index in [0.717, 1.165) is 51.4 Å². The first kappa shape index (κ1) is 47.9. The number of hydrogen-bond donors (Lipinski definition) is 2. The van der Waals surface area contributed by atoms with Crippen LogP contribution in [0.1, 0.15) is 226 Å². The molecule has 0 aromatic heterocycles. The number of nitrogens with one attached hydrogen (secondary N) is 1. The number of rotatable bonds is 39. The predicted molar refractivity (Wildman–Crippen MR) is 213 cm³/mol. The van der Waals surface area contributed by atoms with Gasteiger partial charge in [0.25, 0.3) is 0 Å². The average molecular weight is 704 g/mol. The number of carboxylic acids is 1. The Morgan fingerprint density at radius 3 is 1.42 bits per heavy atom. The molecule has 0 aliphatic rings. The fraction of sp³-hybridized carbons (Fsp3) is 0.841. The van der Waals surface area contributed by atoms with Crippen molar-refractivity contribution in [3.63, 3.8) is 0 Å². The molecule has 0 aliphatic carbocycles. The Hall–Kier alpha value is -2.11. The lowest BCUT2D eigenvalue weighted by Crippen LogP contribution is -2.28. The molecular formula is C44H81NO5. The maximum atomic E-state index is 12.6. The van der Waals surface area contributed by atoms with Gasteiger partial charge in [-0.05, 0) is 70.3 Å². The van der Waals surface area contributed by atoms with Crippen LogP contribution < -0.4 is 5.32 Å². The first-order valence-corrected chi connectivity index (χ1v) is 21.5. The molecule has 0 bridgehead atoms. The minimum atomic E-state index is -1.03. The SMILES string of the molecule is CCCCCC/C=C\C(CCCCCCC(=O)NCC(=O)O)OC(=O)CCCCCCCCCCCCC/C=C\CCCCCCCCCC. The minimum absolute atomic E-state index is 0.0836. The number of unbranched alkanes of at least 4 members (excludes halogenated alkanes) is 26. The molecule has 50 heavy (non-hydrogen) atoms. The van der Waals surface area contributed by atoms with Crippen LogP contribution in [0.4, 0.5) is 0 Å². The van der Waals surface area contributed by atoms with Gasteiger partial charge in [0.05, 0.1) is 0 Å². The van der Waals surface area contributed by atoms with Gasteiger partial charge in [-0.25, -0.2) is 0 Å². The largest absolute Gasteiger partial charge is 0.480 e. The summed E-state index contributed by atoms with van der Waals surface area (Å²) in [5, 5.41) is 11.1. The topological polar surface area (TPSA) is 92.7 Å². The smallest absolute Gasteiger partial charge is 0.322 e. The maximum Gasteiger partial charge on any atom is 0.322 e. The van der Waals surface area contributed by atoms with Crippen molar-refractivity contribution in [2.75, 3.05) is 6.54 Å². The Morgan fingerprint density at radius 1 is 0.520 bits per heavy atom. The zero-order valence-electron chi connectivity index (χ0n) is 33.0. The van der Waals surface area contributed by atoms with Crippen molar-refractivity contribution in [3.05, 3.63) is 24.3 Å². The van der Waals surface area contributed by atoms with Gasteiger partial charge in [-0.3, -0.25) is 14.4 Å². The molecule has 0 saturated carbocycles. The van der Waals surface area contributed by atoms with Gasteiger partial charge in [-0.15, -0.1) is 0 Å². The summed E-state index contributed by atoms with van der Waals surface area (Å²) in [4.78, 5) is 34.8. The first-order chi connectivity index (χ1) is 24.5. The molecule has 0 radical (unpaired) electrons. The summed E-state index contributed by atoms with van der Waals surface area (Å²) in [6, 6.07) is 0. The van der Waals surface area contributed by atoms with E-state index in [1.165, 1.54) is 148 Å². The van der Waals surface area contributed by atoms with E-state index in [0.29, 0.717) is 12.8 Å². The average Bonchev–Trinajstić information content (AvgIpc) is 3.10. The molecule has 0 aliphatic heterocycles. The van der Waals surface area contributed by atoms with Crippen molar-refractivity contribution in [1.29, 1.82) is 0 Å². The molecule has 0 aromatic rings. The summed E-state index contributed by atoms with van der Waals surface area (Å²) < 4.78 is 5.88. The third kappa shape index (κ3) is 38.7. The number of hydrogen-bond acceptors (Lipinski definition) is 4. The van der Waals surface area contributed by atoms with Crippen LogP contribution in [0, 0.1) is 0 Å². The van der Waals surface area contributed by atoms with Crippen molar-refractivity contribution in [3.8, 4) is 0 Å². The third-order valence-electron chi connectivity index (χ3n) is 9.58. The molecule has 0 spiro atoms. The third-order valence-corrected chi connectivity index (χ3v) is 9.58. The quantitative estimate of drug-likeness (QED) is 0.0378. The van der Waals surface area contributed by atoms with Crippen LogP contribution in [-0.4, -0.2) is 35.6 Å². The van der Waals surface area contributed by atoms with Gasteiger partial charge >= 0.3 is 11.9 Å². The van der Waals surface area contributed by atoms with Gasteiger partial charge in [-0.2, -0.15) is 0 Å². The van der Waals surface area contributed by atoms with Gasteiger partial charge < -0.3 is 15.2 Å². The number of carbonyl (C=O) groups is 3. The molecule has 2 N–H and O–H groups in total. The van der Waals surface area contributed by atoms with Crippen molar-refractivity contribution < 1.29 is 24.2 Å². The van der Waals surface area contributed by atoms with Gasteiger partial charge in [-0.1, -0.05) is 167 Å². The number of esters is 1. The Balaban J connectivity index is 3.84. The Morgan fingerprint density at radius 2 is 0.920 bits per heavy atom. The fourth-order valence-electron chi connectivity index (χ4n) is 6.36. The van der Waals surface area contributed by atoms with Crippen LogP contribution in [0.25, 0.3) is 0 Å². The van der Waals surface area contributed by atoms with E-state index in [1.54, 1.807) is 0 Å². The summed E-state index contributed by atoms with van der Waals surface area (Å²) in [6.07, 6.45) is 47.7. The number of ether oxygens (including phenoxy) is 1. The molecule has 6 heteroatoms. The molecule has 0 fully saturated rings. The summed E-state index contributed by atoms with van der Waals surface area (Å²) >= 11 is 0. The Bertz CT molecular complexity index is 823. The van der Waals surface area contributed by atoms with E-state index in [-0.39, 0.29) is 24.5 Å². The number of aliphatic carboxylic acids is 1. The molecule has 0 aromatic carbocycles. The van der Waals surface area contributed by atoms with Crippen molar-refractivity contribution in [2.45, 2.75) is 232 Å². The van der Waals surface area contributed by atoms with E-state index in [4.69, 9.17) is 9.84 Å². The van der Waals surface area contributed by atoms with E-state index in [1.807, 2.05) is 0 Å². The Kier molecular flexibility index (Phi) is 38.0. The highest BCUT2D eigenvalue weighted by Crippen LogP contribution is 2.16. The van der Waals surface area contributed by atoms with Gasteiger partial charge in [0.2, 0.25) is 5.91 Å². The number of carboxylic acid groups (broad SMARTS) is 1. The molecule has 292 valence electrons. The number of carbonyl (C=O) groups excluding carboxylic acids is 2. The maximum absolute atomic E-state index is 12.6. The van der Waals surface area contributed by atoms with E-state index >= 15 is 0 Å². The Labute approximate surface area is 309 Å². The lowest BCUT2D eigenvalue weighted by Gasteiger charge is -2.15. The van der Waals surface area contributed by atoms with Gasteiger partial charge in [0, 0.05) is 12.8 Å². The highest BCUT2D eigenvalue weighted by atomic mass is 16.5. The zero-order valence-corrected chi connectivity index (χ0v) is 33.0. The molecule has 0 rings (SSSR count). The van der Waals surface area contributed by atoms with Crippen LogP contribution in [0.3, 0.4) is 0 Å².